The van der Waals surface area contributed by atoms with Gasteiger partial charge >= 0.3 is 0 Å². The molecule has 4 nitrogen and oxygen atoms in total. The van der Waals surface area contributed by atoms with Crippen LogP contribution in [-0.2, 0) is 25.9 Å². The molecule has 1 fully saturated rings. The molecule has 1 aliphatic rings. The predicted octanol–water partition coefficient (Wildman–Crippen LogP) is 3.10. The lowest BCUT2D eigenvalue weighted by atomic mass is 10.2. The van der Waals surface area contributed by atoms with Crippen molar-refractivity contribution in [2.75, 3.05) is 6.61 Å². The minimum Gasteiger partial charge on any atom is -0.377 e. The van der Waals surface area contributed by atoms with E-state index in [0.717, 1.165) is 11.1 Å². The number of epoxide rings is 1. The maximum Gasteiger partial charge on any atom is 0.207 e. The number of benzene rings is 2. The van der Waals surface area contributed by atoms with Crippen LogP contribution in [0, 0.1) is 6.92 Å². The van der Waals surface area contributed by atoms with Gasteiger partial charge in [0.2, 0.25) is 9.84 Å². The summed E-state index contributed by atoms with van der Waals surface area (Å²) in [6.07, 6.45) is 0.319. The molecule has 1 saturated heterocycles. The van der Waals surface area contributed by atoms with Crippen LogP contribution in [0.25, 0.3) is 0 Å². The van der Waals surface area contributed by atoms with Gasteiger partial charge in [0.15, 0.2) is 5.44 Å². The monoisotopic (exact) mass is 332 g/mol. The first-order valence-corrected chi connectivity index (χ1v) is 9.20. The van der Waals surface area contributed by atoms with Gasteiger partial charge in [0.1, 0.15) is 6.10 Å². The van der Waals surface area contributed by atoms with E-state index in [9.17, 15) is 8.42 Å². The van der Waals surface area contributed by atoms with Gasteiger partial charge in [-0.25, -0.2) is 8.42 Å². The average molecular weight is 332 g/mol. The number of rotatable bonds is 7. The molecule has 0 spiro atoms. The molecule has 1 heterocycles. The van der Waals surface area contributed by atoms with Gasteiger partial charge in [0.05, 0.1) is 11.5 Å². The van der Waals surface area contributed by atoms with E-state index in [4.69, 9.17) is 9.47 Å². The molecule has 5 heteroatoms. The van der Waals surface area contributed by atoms with Gasteiger partial charge in [0.25, 0.3) is 0 Å². The van der Waals surface area contributed by atoms with Crippen LogP contribution in [0.2, 0.25) is 0 Å². The van der Waals surface area contributed by atoms with E-state index in [0.29, 0.717) is 24.5 Å². The van der Waals surface area contributed by atoms with Crippen molar-refractivity contribution in [3.8, 4) is 0 Å². The molecule has 0 aliphatic carbocycles. The van der Waals surface area contributed by atoms with Crippen LogP contribution in [0.4, 0.5) is 0 Å². The van der Waals surface area contributed by atoms with Crippen LogP contribution in [0.15, 0.2) is 59.5 Å². The highest BCUT2D eigenvalue weighted by atomic mass is 32.2. The van der Waals surface area contributed by atoms with Gasteiger partial charge in [-0.3, -0.25) is 0 Å². The molecule has 2 atom stereocenters. The number of aryl methyl sites for hydroxylation is 1. The van der Waals surface area contributed by atoms with Crippen molar-refractivity contribution in [3.05, 3.63) is 65.7 Å². The van der Waals surface area contributed by atoms with E-state index >= 15 is 0 Å². The molecule has 0 radical (unpaired) electrons. The second-order valence-corrected chi connectivity index (χ2v) is 7.75. The second-order valence-electron chi connectivity index (χ2n) is 5.73. The number of hydrogen-bond acceptors (Lipinski definition) is 4. The highest BCUT2D eigenvalue weighted by Gasteiger charge is 2.49. The third kappa shape index (κ3) is 3.99. The van der Waals surface area contributed by atoms with Crippen LogP contribution in [-0.4, -0.2) is 26.6 Å². The lowest BCUT2D eigenvalue weighted by molar-refractivity contribution is 0.113. The van der Waals surface area contributed by atoms with E-state index in [-0.39, 0.29) is 6.10 Å². The number of hydrogen-bond donors (Lipinski definition) is 0. The Morgan fingerprint density at radius 2 is 1.74 bits per heavy atom. The third-order valence-electron chi connectivity index (χ3n) is 3.85. The van der Waals surface area contributed by atoms with Gasteiger partial charge in [0, 0.05) is 13.0 Å². The zero-order valence-electron chi connectivity index (χ0n) is 13.0. The Kier molecular flexibility index (Phi) is 4.80. The summed E-state index contributed by atoms with van der Waals surface area (Å²) in [7, 11) is -3.40. The Balaban J connectivity index is 1.47. The first-order valence-electron chi connectivity index (χ1n) is 7.65. The summed E-state index contributed by atoms with van der Waals surface area (Å²) in [5.41, 5.74) is 1.41. The average Bonchev–Trinajstić information content (AvgIpc) is 3.33. The first-order chi connectivity index (χ1) is 11.1. The van der Waals surface area contributed by atoms with E-state index in [1.807, 2.05) is 37.3 Å². The summed E-state index contributed by atoms with van der Waals surface area (Å²) >= 11 is 0. The lowest BCUT2D eigenvalue weighted by Gasteiger charge is -2.03. The summed E-state index contributed by atoms with van der Waals surface area (Å²) in [5.74, 6) is 0. The maximum absolute atomic E-state index is 12.4. The molecule has 2 aromatic rings. The fraction of sp³-hybridized carbons (Fsp3) is 0.333. The van der Waals surface area contributed by atoms with Crippen LogP contribution in [0.1, 0.15) is 17.5 Å². The van der Waals surface area contributed by atoms with Crippen LogP contribution in [0.3, 0.4) is 0 Å². The number of ether oxygens (including phenoxy) is 2. The molecule has 2 aromatic carbocycles. The zero-order valence-corrected chi connectivity index (χ0v) is 13.8. The summed E-state index contributed by atoms with van der Waals surface area (Å²) in [6.45, 7) is 2.94. The Bertz CT molecular complexity index is 738. The van der Waals surface area contributed by atoms with E-state index in [2.05, 4.69) is 0 Å². The Morgan fingerprint density at radius 3 is 2.43 bits per heavy atom. The zero-order chi connectivity index (χ0) is 16.3. The van der Waals surface area contributed by atoms with Crippen molar-refractivity contribution in [2.24, 2.45) is 0 Å². The lowest BCUT2D eigenvalue weighted by Crippen LogP contribution is -2.12. The van der Waals surface area contributed by atoms with E-state index in [1.165, 1.54) is 0 Å². The van der Waals surface area contributed by atoms with Gasteiger partial charge in [-0.1, -0.05) is 48.0 Å². The molecule has 122 valence electrons. The normalized spacial score (nSPS) is 20.4. The van der Waals surface area contributed by atoms with Crippen molar-refractivity contribution in [3.63, 3.8) is 0 Å². The van der Waals surface area contributed by atoms with Gasteiger partial charge in [-0.2, -0.15) is 0 Å². The molecule has 1 aliphatic heterocycles. The van der Waals surface area contributed by atoms with Crippen LogP contribution >= 0.6 is 0 Å². The molecule has 0 amide bonds. The quantitative estimate of drug-likeness (QED) is 0.577. The summed E-state index contributed by atoms with van der Waals surface area (Å²) in [6, 6.07) is 16.8. The molecule has 0 saturated carbocycles. The minimum absolute atomic E-state index is 0.267. The van der Waals surface area contributed by atoms with Gasteiger partial charge in [-0.15, -0.1) is 0 Å². The van der Waals surface area contributed by atoms with Crippen molar-refractivity contribution in [1.29, 1.82) is 0 Å². The third-order valence-corrected chi connectivity index (χ3v) is 5.81. The molecule has 0 aromatic heterocycles. The molecule has 2 unspecified atom stereocenters. The highest BCUT2D eigenvalue weighted by Crippen LogP contribution is 2.34. The number of sulfone groups is 1. The Labute approximate surface area is 137 Å². The van der Waals surface area contributed by atoms with Crippen LogP contribution < -0.4 is 0 Å². The molecular formula is C18H20O4S. The van der Waals surface area contributed by atoms with E-state index < -0.39 is 15.3 Å². The molecule has 0 N–H and O–H groups in total. The highest BCUT2D eigenvalue weighted by molar-refractivity contribution is 7.92. The fourth-order valence-corrected chi connectivity index (χ4v) is 4.04. The smallest absolute Gasteiger partial charge is 0.207 e. The molecule has 3 rings (SSSR count). The predicted molar refractivity (Wildman–Crippen MR) is 87.7 cm³/mol. The first kappa shape index (κ1) is 16.2. The fourth-order valence-electron chi connectivity index (χ4n) is 2.43. The van der Waals surface area contributed by atoms with Gasteiger partial charge in [-0.05, 0) is 24.6 Å². The largest absolute Gasteiger partial charge is 0.377 e. The second kappa shape index (κ2) is 6.83. The van der Waals surface area contributed by atoms with Crippen molar-refractivity contribution >= 4 is 9.84 Å². The van der Waals surface area contributed by atoms with Gasteiger partial charge < -0.3 is 9.47 Å². The Hall–Kier alpha value is -1.69. The summed E-state index contributed by atoms with van der Waals surface area (Å²) < 4.78 is 35.7. The standard InChI is InChI=1S/C18H20O4S/c1-14-7-9-16(10-8-14)23(19,20)18-17(22-18)11-12-21-13-15-5-3-2-4-6-15/h2-10,17-18H,11-13H2,1H3. The molecular weight excluding hydrogens is 312 g/mol. The van der Waals surface area contributed by atoms with E-state index in [1.54, 1.807) is 24.3 Å². The molecule has 0 bridgehead atoms. The van der Waals surface area contributed by atoms with Crippen LogP contribution in [0.5, 0.6) is 0 Å². The van der Waals surface area contributed by atoms with Crippen molar-refractivity contribution < 1.29 is 17.9 Å². The van der Waals surface area contributed by atoms with Crippen molar-refractivity contribution in [2.45, 2.75) is 36.4 Å². The summed E-state index contributed by atoms with van der Waals surface area (Å²) in [4.78, 5) is 0.320. The molecule has 23 heavy (non-hydrogen) atoms. The SMILES string of the molecule is Cc1ccc(S(=O)(=O)C2OC2CCOCc2ccccc2)cc1. The topological polar surface area (TPSA) is 55.9 Å². The summed E-state index contributed by atoms with van der Waals surface area (Å²) in [5, 5.41) is 0. The minimum atomic E-state index is -3.40. The van der Waals surface area contributed by atoms with Crippen molar-refractivity contribution in [1.82, 2.24) is 0 Å². The Morgan fingerprint density at radius 1 is 1.04 bits per heavy atom. The maximum atomic E-state index is 12.4.